The van der Waals surface area contributed by atoms with Crippen LogP contribution in [0.2, 0.25) is 0 Å². The number of rotatable bonds is 5. The van der Waals surface area contributed by atoms with Crippen LogP contribution in [-0.2, 0) is 4.79 Å². The molecule has 0 unspecified atom stereocenters. The maximum Gasteiger partial charge on any atom is 0.256 e. The second-order valence-corrected chi connectivity index (χ2v) is 6.16. The smallest absolute Gasteiger partial charge is 0.256 e. The zero-order chi connectivity index (χ0) is 18.4. The van der Waals surface area contributed by atoms with Gasteiger partial charge in [-0.05, 0) is 48.7 Å². The molecule has 1 aliphatic carbocycles. The zero-order valence-corrected chi connectivity index (χ0v) is 15.2. The lowest BCUT2D eigenvalue weighted by molar-refractivity contribution is -0.112. The minimum atomic E-state index is -0.235. The molecule has 4 nitrogen and oxygen atoms in total. The lowest BCUT2D eigenvalue weighted by atomic mass is 10.1. The summed E-state index contributed by atoms with van der Waals surface area (Å²) >= 11 is 6.13. The van der Waals surface area contributed by atoms with E-state index in [1.165, 1.54) is 0 Å². The molecule has 2 aromatic rings. The van der Waals surface area contributed by atoms with Gasteiger partial charge in [0.15, 0.2) is 0 Å². The van der Waals surface area contributed by atoms with E-state index >= 15 is 0 Å². The van der Waals surface area contributed by atoms with Crippen molar-refractivity contribution in [2.75, 3.05) is 12.4 Å². The number of nitrogens with one attached hydrogen (secondary N) is 1. The van der Waals surface area contributed by atoms with Crippen molar-refractivity contribution in [3.05, 3.63) is 76.6 Å². The van der Waals surface area contributed by atoms with Gasteiger partial charge in [0.1, 0.15) is 5.75 Å². The van der Waals surface area contributed by atoms with Crippen LogP contribution < -0.4 is 10.1 Å². The number of aromatic nitrogens is 1. The molecule has 0 saturated carbocycles. The first-order valence-electron chi connectivity index (χ1n) is 8.32. The van der Waals surface area contributed by atoms with Gasteiger partial charge in [-0.25, -0.2) is 0 Å². The van der Waals surface area contributed by atoms with Gasteiger partial charge in [-0.15, -0.1) is 0 Å². The standard InChI is InChI=1S/C21H19ClN2O2/c1-26-20-14-15(9-11-16-6-4-5-13-23-16)10-12-19(20)24-21(25)17-7-2-3-8-18(17)22/h4-14H,2-3H2,1H3,(H,24,25)/b11-9+. The molecule has 132 valence electrons. The predicted molar refractivity (Wildman–Crippen MR) is 106 cm³/mol. The first-order valence-corrected chi connectivity index (χ1v) is 8.70. The number of nitrogens with zero attached hydrogens (tertiary/aromatic N) is 1. The molecular weight excluding hydrogens is 348 g/mol. The molecule has 1 aromatic carbocycles. The second kappa shape index (κ2) is 8.50. The van der Waals surface area contributed by atoms with Crippen molar-refractivity contribution >= 4 is 35.3 Å². The number of halogens is 1. The molecule has 0 fully saturated rings. The van der Waals surface area contributed by atoms with Gasteiger partial charge in [0.05, 0.1) is 24.1 Å². The Kier molecular flexibility index (Phi) is 5.87. The normalized spacial score (nSPS) is 13.9. The fourth-order valence-electron chi connectivity index (χ4n) is 2.61. The summed E-state index contributed by atoms with van der Waals surface area (Å²) in [6.45, 7) is 0. The maximum atomic E-state index is 12.5. The van der Waals surface area contributed by atoms with Gasteiger partial charge >= 0.3 is 0 Å². The third-order valence-electron chi connectivity index (χ3n) is 3.95. The van der Waals surface area contributed by atoms with Gasteiger partial charge in [-0.1, -0.05) is 42.0 Å². The molecule has 0 aliphatic heterocycles. The second-order valence-electron chi connectivity index (χ2n) is 5.75. The summed E-state index contributed by atoms with van der Waals surface area (Å²) in [5, 5.41) is 3.36. The van der Waals surface area contributed by atoms with Crippen molar-refractivity contribution in [2.45, 2.75) is 12.8 Å². The molecule has 5 heteroatoms. The van der Waals surface area contributed by atoms with Crippen LogP contribution in [0, 0.1) is 0 Å². The molecule has 1 aromatic heterocycles. The lowest BCUT2D eigenvalue weighted by Crippen LogP contribution is -2.16. The van der Waals surface area contributed by atoms with E-state index in [0.717, 1.165) is 24.1 Å². The molecule has 1 heterocycles. The first kappa shape index (κ1) is 18.0. The Balaban J connectivity index is 1.77. The zero-order valence-electron chi connectivity index (χ0n) is 14.4. The van der Waals surface area contributed by atoms with Crippen LogP contribution in [0.15, 0.2) is 65.4 Å². The van der Waals surface area contributed by atoms with E-state index in [1.54, 1.807) is 13.3 Å². The number of methoxy groups -OCH3 is 1. The van der Waals surface area contributed by atoms with E-state index in [2.05, 4.69) is 10.3 Å². The van der Waals surface area contributed by atoms with Crippen LogP contribution in [0.5, 0.6) is 5.75 Å². The summed E-state index contributed by atoms with van der Waals surface area (Å²) in [5.74, 6) is 0.346. The fraction of sp³-hybridized carbons (Fsp3) is 0.143. The van der Waals surface area contributed by atoms with Gasteiger partial charge in [-0.3, -0.25) is 9.78 Å². The fourth-order valence-corrected chi connectivity index (χ4v) is 2.88. The number of carbonyl (C=O) groups excluding carboxylic acids is 1. The van der Waals surface area contributed by atoms with Gasteiger partial charge < -0.3 is 10.1 Å². The monoisotopic (exact) mass is 366 g/mol. The number of ether oxygens (including phenoxy) is 1. The summed E-state index contributed by atoms with van der Waals surface area (Å²) in [7, 11) is 1.57. The number of anilines is 1. The van der Waals surface area contributed by atoms with E-state index in [-0.39, 0.29) is 5.91 Å². The summed E-state index contributed by atoms with van der Waals surface area (Å²) in [6.07, 6.45) is 11.0. The number of hydrogen-bond donors (Lipinski definition) is 1. The summed E-state index contributed by atoms with van der Waals surface area (Å²) < 4.78 is 5.42. The maximum absolute atomic E-state index is 12.5. The van der Waals surface area contributed by atoms with E-state index < -0.39 is 0 Å². The molecule has 1 amide bonds. The van der Waals surface area contributed by atoms with Crippen molar-refractivity contribution in [1.82, 2.24) is 4.98 Å². The van der Waals surface area contributed by atoms with Crippen molar-refractivity contribution < 1.29 is 9.53 Å². The molecular formula is C21H19ClN2O2. The van der Waals surface area contributed by atoms with Crippen LogP contribution in [0.4, 0.5) is 5.69 Å². The molecule has 1 N–H and O–H groups in total. The van der Waals surface area contributed by atoms with E-state index in [1.807, 2.05) is 60.7 Å². The van der Waals surface area contributed by atoms with Gasteiger partial charge in [0.25, 0.3) is 5.91 Å². The van der Waals surface area contributed by atoms with E-state index in [9.17, 15) is 4.79 Å². The summed E-state index contributed by atoms with van der Waals surface area (Å²) in [4.78, 5) is 16.7. The SMILES string of the molecule is COc1cc(/C=C/c2ccccn2)ccc1NC(=O)C1=CCCC=C1Cl. The molecule has 3 rings (SSSR count). The Morgan fingerprint density at radius 1 is 1.19 bits per heavy atom. The van der Waals surface area contributed by atoms with Crippen molar-refractivity contribution in [2.24, 2.45) is 0 Å². The summed E-state index contributed by atoms with van der Waals surface area (Å²) in [6, 6.07) is 11.3. The predicted octanol–water partition coefficient (Wildman–Crippen LogP) is 5.04. The van der Waals surface area contributed by atoms with E-state index in [0.29, 0.717) is 22.0 Å². The van der Waals surface area contributed by atoms with E-state index in [4.69, 9.17) is 16.3 Å². The molecule has 0 radical (unpaired) electrons. The Labute approximate surface area is 157 Å². The van der Waals surface area contributed by atoms with Crippen LogP contribution in [-0.4, -0.2) is 18.0 Å². The third-order valence-corrected chi connectivity index (χ3v) is 4.31. The number of hydrogen-bond acceptors (Lipinski definition) is 3. The average Bonchev–Trinajstić information content (AvgIpc) is 2.68. The van der Waals surface area contributed by atoms with Gasteiger partial charge in [-0.2, -0.15) is 0 Å². The quantitative estimate of drug-likeness (QED) is 0.806. The number of allylic oxidation sites excluding steroid dienone is 2. The Hall–Kier alpha value is -2.85. The highest BCUT2D eigenvalue weighted by Gasteiger charge is 2.17. The van der Waals surface area contributed by atoms with Crippen LogP contribution in [0.3, 0.4) is 0 Å². The highest BCUT2D eigenvalue weighted by Crippen LogP contribution is 2.29. The minimum Gasteiger partial charge on any atom is -0.495 e. The van der Waals surface area contributed by atoms with Crippen LogP contribution in [0.25, 0.3) is 12.2 Å². The highest BCUT2D eigenvalue weighted by molar-refractivity contribution is 6.36. The van der Waals surface area contributed by atoms with Crippen LogP contribution in [0.1, 0.15) is 24.1 Å². The highest BCUT2D eigenvalue weighted by atomic mass is 35.5. The lowest BCUT2D eigenvalue weighted by Gasteiger charge is -2.14. The van der Waals surface area contributed by atoms with Crippen molar-refractivity contribution in [3.63, 3.8) is 0 Å². The average molecular weight is 367 g/mol. The van der Waals surface area contributed by atoms with Gasteiger partial charge in [0, 0.05) is 11.2 Å². The number of pyridine rings is 1. The summed E-state index contributed by atoms with van der Waals surface area (Å²) in [5.41, 5.74) is 2.91. The number of carbonyl (C=O) groups is 1. The molecule has 0 spiro atoms. The Morgan fingerprint density at radius 2 is 2.04 bits per heavy atom. The van der Waals surface area contributed by atoms with Crippen molar-refractivity contribution in [3.8, 4) is 5.75 Å². The topological polar surface area (TPSA) is 51.2 Å². The first-order chi connectivity index (χ1) is 12.7. The Bertz CT molecular complexity index is 886. The molecule has 0 bridgehead atoms. The Morgan fingerprint density at radius 3 is 2.77 bits per heavy atom. The molecule has 1 aliphatic rings. The molecule has 26 heavy (non-hydrogen) atoms. The van der Waals surface area contributed by atoms with Crippen LogP contribution >= 0.6 is 11.6 Å². The number of amides is 1. The molecule has 0 atom stereocenters. The van der Waals surface area contributed by atoms with Gasteiger partial charge in [0.2, 0.25) is 0 Å². The third kappa shape index (κ3) is 4.41. The van der Waals surface area contributed by atoms with Crippen molar-refractivity contribution in [1.29, 1.82) is 0 Å². The largest absolute Gasteiger partial charge is 0.495 e. The molecule has 0 saturated heterocycles. The number of benzene rings is 1. The minimum absolute atomic E-state index is 0.235.